The molecule has 0 radical (unpaired) electrons. The summed E-state index contributed by atoms with van der Waals surface area (Å²) in [6.07, 6.45) is 0. The molecule has 0 bridgehead atoms. The normalized spacial score (nSPS) is 9.50. The summed E-state index contributed by atoms with van der Waals surface area (Å²) in [6.45, 7) is 0. The molecule has 0 aliphatic rings. The van der Waals surface area contributed by atoms with Crippen LogP contribution >= 0.6 is 0 Å². The van der Waals surface area contributed by atoms with Crippen molar-refractivity contribution in [3.63, 3.8) is 0 Å². The minimum atomic E-state index is -1.22. The van der Waals surface area contributed by atoms with Crippen LogP contribution in [0.15, 0.2) is 18.2 Å². The molecule has 0 aromatic heterocycles. The predicted molar refractivity (Wildman–Crippen MR) is 46.9 cm³/mol. The van der Waals surface area contributed by atoms with Crippen molar-refractivity contribution in [1.29, 1.82) is 0 Å². The number of hydrogen-bond acceptors (Lipinski definition) is 3. The molecule has 5 heteroatoms. The largest absolute Gasteiger partial charge is 0.495 e. The number of para-hydroxylation sites is 1. The van der Waals surface area contributed by atoms with E-state index in [4.69, 9.17) is 14.9 Å². The molecule has 1 rings (SSSR count). The standard InChI is InChI=1S/C9H8O5/c1-14-7-5(8(10)11)3-2-4-6(7)9(12)13/h2-4H,1H3,(H,10,11)(H,12,13). The maximum Gasteiger partial charge on any atom is 0.339 e. The molecular formula is C9H8O5. The highest BCUT2D eigenvalue weighted by Crippen LogP contribution is 2.23. The van der Waals surface area contributed by atoms with E-state index in [1.54, 1.807) is 0 Å². The quantitative estimate of drug-likeness (QED) is 0.755. The van der Waals surface area contributed by atoms with E-state index in [0.717, 1.165) is 0 Å². The molecule has 0 unspecified atom stereocenters. The van der Waals surface area contributed by atoms with Crippen molar-refractivity contribution in [2.75, 3.05) is 7.11 Å². The Morgan fingerprint density at radius 1 is 1.14 bits per heavy atom. The monoisotopic (exact) mass is 196 g/mol. The van der Waals surface area contributed by atoms with Crippen LogP contribution in [0.25, 0.3) is 0 Å². The summed E-state index contributed by atoms with van der Waals surface area (Å²) >= 11 is 0. The van der Waals surface area contributed by atoms with Gasteiger partial charge in [0.25, 0.3) is 0 Å². The third-order valence-electron chi connectivity index (χ3n) is 1.68. The highest BCUT2D eigenvalue weighted by Gasteiger charge is 2.18. The lowest BCUT2D eigenvalue weighted by atomic mass is 10.1. The van der Waals surface area contributed by atoms with E-state index in [1.165, 1.54) is 25.3 Å². The van der Waals surface area contributed by atoms with E-state index in [9.17, 15) is 9.59 Å². The van der Waals surface area contributed by atoms with Crippen molar-refractivity contribution in [3.05, 3.63) is 29.3 Å². The minimum absolute atomic E-state index is 0.132. The van der Waals surface area contributed by atoms with Crippen LogP contribution in [-0.2, 0) is 0 Å². The highest BCUT2D eigenvalue weighted by molar-refractivity contribution is 5.98. The second-order valence-electron chi connectivity index (χ2n) is 2.50. The first-order chi connectivity index (χ1) is 6.57. The summed E-state index contributed by atoms with van der Waals surface area (Å²) in [4.78, 5) is 21.4. The van der Waals surface area contributed by atoms with E-state index in [2.05, 4.69) is 0 Å². The van der Waals surface area contributed by atoms with Crippen LogP contribution in [0.4, 0.5) is 0 Å². The number of hydrogen-bond donors (Lipinski definition) is 2. The summed E-state index contributed by atoms with van der Waals surface area (Å²) in [6, 6.07) is 3.93. The van der Waals surface area contributed by atoms with Crippen molar-refractivity contribution in [1.82, 2.24) is 0 Å². The predicted octanol–water partition coefficient (Wildman–Crippen LogP) is 1.09. The van der Waals surface area contributed by atoms with E-state index >= 15 is 0 Å². The van der Waals surface area contributed by atoms with Crippen LogP contribution < -0.4 is 4.74 Å². The van der Waals surface area contributed by atoms with Crippen molar-refractivity contribution >= 4 is 11.9 Å². The lowest BCUT2D eigenvalue weighted by Crippen LogP contribution is -2.06. The lowest BCUT2D eigenvalue weighted by molar-refractivity contribution is 0.0691. The molecule has 0 aliphatic heterocycles. The number of benzene rings is 1. The molecule has 74 valence electrons. The maximum absolute atomic E-state index is 10.7. The first kappa shape index (κ1) is 10.0. The van der Waals surface area contributed by atoms with Crippen LogP contribution in [0, 0.1) is 0 Å². The molecule has 0 amide bonds. The third kappa shape index (κ3) is 1.66. The van der Waals surface area contributed by atoms with Gasteiger partial charge in [-0.3, -0.25) is 0 Å². The van der Waals surface area contributed by atoms with Gasteiger partial charge in [0.15, 0.2) is 0 Å². The van der Waals surface area contributed by atoms with Crippen LogP contribution in [0.3, 0.4) is 0 Å². The first-order valence-corrected chi connectivity index (χ1v) is 3.71. The van der Waals surface area contributed by atoms with Gasteiger partial charge in [-0.05, 0) is 12.1 Å². The second-order valence-corrected chi connectivity index (χ2v) is 2.50. The Morgan fingerprint density at radius 2 is 1.57 bits per heavy atom. The van der Waals surface area contributed by atoms with Gasteiger partial charge in [0.1, 0.15) is 16.9 Å². The molecule has 0 fully saturated rings. The van der Waals surface area contributed by atoms with Crippen LogP contribution in [0.5, 0.6) is 5.75 Å². The molecule has 0 saturated heterocycles. The molecule has 2 N–H and O–H groups in total. The zero-order chi connectivity index (χ0) is 10.7. The van der Waals surface area contributed by atoms with Gasteiger partial charge in [-0.1, -0.05) is 6.07 Å². The molecule has 1 aromatic carbocycles. The number of rotatable bonds is 3. The average molecular weight is 196 g/mol. The highest BCUT2D eigenvalue weighted by atomic mass is 16.5. The Bertz CT molecular complexity index is 351. The first-order valence-electron chi connectivity index (χ1n) is 3.71. The van der Waals surface area contributed by atoms with Gasteiger partial charge in [0.05, 0.1) is 7.11 Å². The molecular weight excluding hydrogens is 188 g/mol. The zero-order valence-electron chi connectivity index (χ0n) is 7.35. The summed E-state index contributed by atoms with van der Waals surface area (Å²) in [5.41, 5.74) is -0.320. The molecule has 14 heavy (non-hydrogen) atoms. The summed E-state index contributed by atoms with van der Waals surface area (Å²) in [5.74, 6) is -2.57. The molecule has 0 saturated carbocycles. The van der Waals surface area contributed by atoms with Gasteiger partial charge in [0, 0.05) is 0 Å². The van der Waals surface area contributed by atoms with Gasteiger partial charge in [-0.15, -0.1) is 0 Å². The van der Waals surface area contributed by atoms with Gasteiger partial charge in [-0.25, -0.2) is 9.59 Å². The summed E-state index contributed by atoms with van der Waals surface area (Å²) in [7, 11) is 1.23. The van der Waals surface area contributed by atoms with Crippen molar-refractivity contribution in [2.45, 2.75) is 0 Å². The molecule has 0 aliphatic carbocycles. The average Bonchev–Trinajstić information content (AvgIpc) is 2.16. The number of ether oxygens (including phenoxy) is 1. The van der Waals surface area contributed by atoms with E-state index in [-0.39, 0.29) is 16.9 Å². The fourth-order valence-electron chi connectivity index (χ4n) is 1.09. The van der Waals surface area contributed by atoms with Gasteiger partial charge in [-0.2, -0.15) is 0 Å². The SMILES string of the molecule is COc1c(C(=O)O)cccc1C(=O)O. The van der Waals surface area contributed by atoms with E-state index in [1.807, 2.05) is 0 Å². The topological polar surface area (TPSA) is 83.8 Å². The Balaban J connectivity index is 3.39. The van der Waals surface area contributed by atoms with Gasteiger partial charge >= 0.3 is 11.9 Å². The van der Waals surface area contributed by atoms with E-state index < -0.39 is 11.9 Å². The van der Waals surface area contributed by atoms with E-state index in [0.29, 0.717) is 0 Å². The number of carboxylic acids is 2. The fraction of sp³-hybridized carbons (Fsp3) is 0.111. The lowest BCUT2D eigenvalue weighted by Gasteiger charge is -2.07. The Hall–Kier alpha value is -2.04. The van der Waals surface area contributed by atoms with Crippen LogP contribution in [-0.4, -0.2) is 29.3 Å². The van der Waals surface area contributed by atoms with Gasteiger partial charge in [0.2, 0.25) is 0 Å². The van der Waals surface area contributed by atoms with Crippen molar-refractivity contribution in [2.24, 2.45) is 0 Å². The molecule has 0 atom stereocenters. The number of aromatic carboxylic acids is 2. The molecule has 0 heterocycles. The van der Waals surface area contributed by atoms with Crippen LogP contribution in [0.1, 0.15) is 20.7 Å². The summed E-state index contributed by atoms with van der Waals surface area (Å²) in [5, 5.41) is 17.5. The number of carbonyl (C=O) groups is 2. The molecule has 1 aromatic rings. The summed E-state index contributed by atoms with van der Waals surface area (Å²) < 4.78 is 4.74. The van der Waals surface area contributed by atoms with Crippen LogP contribution in [0.2, 0.25) is 0 Å². The fourth-order valence-corrected chi connectivity index (χ4v) is 1.09. The maximum atomic E-state index is 10.7. The number of methoxy groups -OCH3 is 1. The second kappa shape index (κ2) is 3.78. The zero-order valence-corrected chi connectivity index (χ0v) is 7.35. The Morgan fingerprint density at radius 3 is 1.86 bits per heavy atom. The van der Waals surface area contributed by atoms with Crippen molar-refractivity contribution in [3.8, 4) is 5.75 Å². The Kier molecular flexibility index (Phi) is 2.71. The molecule has 0 spiro atoms. The third-order valence-corrected chi connectivity index (χ3v) is 1.68. The van der Waals surface area contributed by atoms with Crippen molar-refractivity contribution < 1.29 is 24.5 Å². The minimum Gasteiger partial charge on any atom is -0.495 e. The molecule has 5 nitrogen and oxygen atoms in total. The van der Waals surface area contributed by atoms with Gasteiger partial charge < -0.3 is 14.9 Å². The number of carboxylic acid groups (broad SMARTS) is 2. The Labute approximate surface area is 79.6 Å². The smallest absolute Gasteiger partial charge is 0.339 e.